The van der Waals surface area contributed by atoms with E-state index in [1.807, 2.05) is 6.07 Å². The van der Waals surface area contributed by atoms with E-state index in [1.54, 1.807) is 12.1 Å². The minimum Gasteiger partial charge on any atom is -0.308 e. The van der Waals surface area contributed by atoms with Crippen molar-refractivity contribution in [3.63, 3.8) is 0 Å². The molecule has 0 fully saturated rings. The van der Waals surface area contributed by atoms with Crippen molar-refractivity contribution < 1.29 is 4.39 Å². The summed E-state index contributed by atoms with van der Waals surface area (Å²) >= 11 is 0. The fourth-order valence-corrected chi connectivity index (χ4v) is 1.60. The zero-order valence-electron chi connectivity index (χ0n) is 12.0. The Kier molecular flexibility index (Phi) is 5.09. The highest BCUT2D eigenvalue weighted by Gasteiger charge is 2.11. The van der Waals surface area contributed by atoms with Gasteiger partial charge in [0.05, 0.1) is 0 Å². The van der Waals surface area contributed by atoms with Crippen molar-refractivity contribution in [2.45, 2.75) is 40.2 Å². The molecule has 1 aromatic carbocycles. The van der Waals surface area contributed by atoms with E-state index in [0.717, 1.165) is 12.1 Å². The highest BCUT2D eigenvalue weighted by Crippen LogP contribution is 2.16. The minimum absolute atomic E-state index is 0.0932. The lowest BCUT2D eigenvalue weighted by Gasteiger charge is -2.23. The van der Waals surface area contributed by atoms with Gasteiger partial charge in [-0.25, -0.2) is 4.39 Å². The molecule has 0 aliphatic rings. The lowest BCUT2D eigenvalue weighted by atomic mass is 9.98. The van der Waals surface area contributed by atoms with Crippen molar-refractivity contribution in [1.29, 1.82) is 0 Å². The summed E-state index contributed by atoms with van der Waals surface area (Å²) in [6, 6.07) is 6.72. The number of benzene rings is 1. The van der Waals surface area contributed by atoms with Gasteiger partial charge in [-0.05, 0) is 44.4 Å². The lowest BCUT2D eigenvalue weighted by Crippen LogP contribution is -2.37. The van der Waals surface area contributed by atoms with E-state index in [-0.39, 0.29) is 11.4 Å². The van der Waals surface area contributed by atoms with Gasteiger partial charge in [0.25, 0.3) is 0 Å². The molecule has 0 aromatic heterocycles. The molecule has 0 aliphatic carbocycles. The van der Waals surface area contributed by atoms with Gasteiger partial charge in [-0.15, -0.1) is 0 Å². The molecule has 0 amide bonds. The van der Waals surface area contributed by atoms with E-state index in [1.165, 1.54) is 11.6 Å². The molecule has 0 saturated heterocycles. The Bertz CT molecular complexity index is 413. The van der Waals surface area contributed by atoms with Crippen LogP contribution in [0.3, 0.4) is 0 Å². The van der Waals surface area contributed by atoms with Crippen LogP contribution >= 0.6 is 0 Å². The van der Waals surface area contributed by atoms with Crippen molar-refractivity contribution >= 4 is 6.08 Å². The summed E-state index contributed by atoms with van der Waals surface area (Å²) in [4.78, 5) is 0. The minimum atomic E-state index is -0.185. The Balaban J connectivity index is 2.85. The van der Waals surface area contributed by atoms with E-state index in [2.05, 4.69) is 46.0 Å². The predicted molar refractivity (Wildman–Crippen MR) is 77.0 cm³/mol. The van der Waals surface area contributed by atoms with Crippen LogP contribution in [0.4, 0.5) is 4.39 Å². The number of hydrogen-bond acceptors (Lipinski definition) is 1. The van der Waals surface area contributed by atoms with E-state index >= 15 is 0 Å². The third-order valence-corrected chi connectivity index (χ3v) is 2.77. The molecule has 0 radical (unpaired) electrons. The maximum atomic E-state index is 13.1. The second kappa shape index (κ2) is 6.14. The van der Waals surface area contributed by atoms with Gasteiger partial charge in [-0.2, -0.15) is 0 Å². The molecule has 2 heteroatoms. The quantitative estimate of drug-likeness (QED) is 0.841. The predicted octanol–water partition coefficient (Wildman–Crippen LogP) is 4.25. The van der Waals surface area contributed by atoms with Crippen molar-refractivity contribution in [2.24, 2.45) is 5.92 Å². The molecule has 1 rings (SSSR count). The van der Waals surface area contributed by atoms with Gasteiger partial charge in [0.2, 0.25) is 0 Å². The van der Waals surface area contributed by atoms with Crippen LogP contribution in [0, 0.1) is 11.7 Å². The monoisotopic (exact) mass is 249 g/mol. The molecule has 0 heterocycles. The first-order valence-electron chi connectivity index (χ1n) is 6.49. The van der Waals surface area contributed by atoms with Crippen molar-refractivity contribution in [1.82, 2.24) is 5.32 Å². The third-order valence-electron chi connectivity index (χ3n) is 2.77. The van der Waals surface area contributed by atoms with Crippen LogP contribution in [0.25, 0.3) is 6.08 Å². The van der Waals surface area contributed by atoms with Gasteiger partial charge in [0.1, 0.15) is 5.82 Å². The molecule has 0 saturated carbocycles. The van der Waals surface area contributed by atoms with Crippen LogP contribution in [0.2, 0.25) is 0 Å². The normalized spacial score (nSPS) is 13.2. The summed E-state index contributed by atoms with van der Waals surface area (Å²) in [5, 5.41) is 3.48. The van der Waals surface area contributed by atoms with Gasteiger partial charge in [-0.3, -0.25) is 0 Å². The van der Waals surface area contributed by atoms with Crippen molar-refractivity contribution in [2.75, 3.05) is 6.54 Å². The molecule has 18 heavy (non-hydrogen) atoms. The van der Waals surface area contributed by atoms with Crippen LogP contribution in [0.5, 0.6) is 0 Å². The van der Waals surface area contributed by atoms with E-state index in [0.29, 0.717) is 5.92 Å². The Morgan fingerprint density at radius 3 is 2.50 bits per heavy atom. The largest absolute Gasteiger partial charge is 0.308 e. The zero-order valence-corrected chi connectivity index (χ0v) is 12.0. The molecule has 1 N–H and O–H groups in total. The average Bonchev–Trinajstić information content (AvgIpc) is 2.22. The SMILES string of the molecule is CC(C)C(=Cc1cccc(F)c1)CNC(C)(C)C. The maximum Gasteiger partial charge on any atom is 0.123 e. The molecule has 0 aliphatic heterocycles. The summed E-state index contributed by atoms with van der Waals surface area (Å²) < 4.78 is 13.1. The van der Waals surface area contributed by atoms with Crippen molar-refractivity contribution in [3.05, 3.63) is 41.2 Å². The highest BCUT2D eigenvalue weighted by atomic mass is 19.1. The first-order chi connectivity index (χ1) is 8.28. The first-order valence-corrected chi connectivity index (χ1v) is 6.49. The summed E-state index contributed by atoms with van der Waals surface area (Å²) in [7, 11) is 0. The summed E-state index contributed by atoms with van der Waals surface area (Å²) in [5.74, 6) is 0.263. The molecular formula is C16H24FN. The molecule has 100 valence electrons. The summed E-state index contributed by atoms with van der Waals surface area (Å²) in [6.07, 6.45) is 2.08. The fraction of sp³-hybridized carbons (Fsp3) is 0.500. The molecule has 0 unspecified atom stereocenters. The average molecular weight is 249 g/mol. The number of halogens is 1. The summed E-state index contributed by atoms with van der Waals surface area (Å²) in [5.41, 5.74) is 2.31. The Labute approximate surface area is 110 Å². The second-order valence-corrected chi connectivity index (χ2v) is 6.03. The van der Waals surface area contributed by atoms with Crippen LogP contribution in [-0.2, 0) is 0 Å². The highest BCUT2D eigenvalue weighted by molar-refractivity contribution is 5.53. The molecule has 0 atom stereocenters. The number of rotatable bonds is 4. The molecule has 0 spiro atoms. The molecular weight excluding hydrogens is 225 g/mol. The first kappa shape index (κ1) is 14.9. The Morgan fingerprint density at radius 1 is 1.33 bits per heavy atom. The van der Waals surface area contributed by atoms with E-state index in [4.69, 9.17) is 0 Å². The van der Waals surface area contributed by atoms with E-state index in [9.17, 15) is 4.39 Å². The van der Waals surface area contributed by atoms with Gasteiger partial charge in [0.15, 0.2) is 0 Å². The Morgan fingerprint density at radius 2 is 2.00 bits per heavy atom. The standard InChI is InChI=1S/C16H24FN/c1-12(2)14(11-18-16(3,4)5)9-13-7-6-8-15(17)10-13/h6-10,12,18H,11H2,1-5H3. The van der Waals surface area contributed by atoms with E-state index < -0.39 is 0 Å². The number of nitrogens with one attached hydrogen (secondary N) is 1. The fourth-order valence-electron chi connectivity index (χ4n) is 1.60. The van der Waals surface area contributed by atoms with Gasteiger partial charge < -0.3 is 5.32 Å². The smallest absolute Gasteiger partial charge is 0.123 e. The van der Waals surface area contributed by atoms with Crippen molar-refractivity contribution in [3.8, 4) is 0 Å². The van der Waals surface area contributed by atoms with Crippen LogP contribution in [0.1, 0.15) is 40.2 Å². The van der Waals surface area contributed by atoms with Crippen LogP contribution in [0.15, 0.2) is 29.8 Å². The third kappa shape index (κ3) is 5.46. The lowest BCUT2D eigenvalue weighted by molar-refractivity contribution is 0.437. The topological polar surface area (TPSA) is 12.0 Å². The zero-order chi connectivity index (χ0) is 13.8. The molecule has 0 bridgehead atoms. The van der Waals surface area contributed by atoms with Gasteiger partial charge in [-0.1, -0.05) is 37.6 Å². The Hall–Kier alpha value is -1.15. The maximum absolute atomic E-state index is 13.1. The number of hydrogen-bond donors (Lipinski definition) is 1. The van der Waals surface area contributed by atoms with Gasteiger partial charge >= 0.3 is 0 Å². The van der Waals surface area contributed by atoms with Crippen LogP contribution in [-0.4, -0.2) is 12.1 Å². The van der Waals surface area contributed by atoms with Gasteiger partial charge in [0, 0.05) is 12.1 Å². The molecule has 1 aromatic rings. The summed E-state index contributed by atoms with van der Waals surface area (Å²) in [6.45, 7) is 11.6. The molecule has 1 nitrogen and oxygen atoms in total. The van der Waals surface area contributed by atoms with Crippen LogP contribution < -0.4 is 5.32 Å². The second-order valence-electron chi connectivity index (χ2n) is 6.03.